The largest absolute Gasteiger partial charge is 0.465 e. The number of benzene rings is 1. The van der Waals surface area contributed by atoms with Crippen molar-refractivity contribution in [1.29, 1.82) is 0 Å². The van der Waals surface area contributed by atoms with Crippen LogP contribution in [0, 0.1) is 0 Å². The van der Waals surface area contributed by atoms with E-state index in [0.29, 0.717) is 16.8 Å². The van der Waals surface area contributed by atoms with Gasteiger partial charge < -0.3 is 10.1 Å². The number of esters is 1. The molecule has 0 radical (unpaired) electrons. The number of para-hydroxylation sites is 1. The summed E-state index contributed by atoms with van der Waals surface area (Å²) in [4.78, 5) is 27.4. The predicted octanol–water partition coefficient (Wildman–Crippen LogP) is 2.12. The van der Waals surface area contributed by atoms with Crippen LogP contribution in [0.15, 0.2) is 48.8 Å². The second-order valence-electron chi connectivity index (χ2n) is 3.73. The van der Waals surface area contributed by atoms with Crippen molar-refractivity contribution in [3.63, 3.8) is 0 Å². The van der Waals surface area contributed by atoms with Crippen LogP contribution in [-0.2, 0) is 4.74 Å². The van der Waals surface area contributed by atoms with E-state index in [-0.39, 0.29) is 5.91 Å². The Hall–Kier alpha value is -2.69. The third-order valence-electron chi connectivity index (χ3n) is 2.50. The highest BCUT2D eigenvalue weighted by Crippen LogP contribution is 2.16. The van der Waals surface area contributed by atoms with Crippen LogP contribution >= 0.6 is 0 Å². The summed E-state index contributed by atoms with van der Waals surface area (Å²) >= 11 is 0. The maximum Gasteiger partial charge on any atom is 0.339 e. The van der Waals surface area contributed by atoms with Crippen molar-refractivity contribution < 1.29 is 14.3 Å². The highest BCUT2D eigenvalue weighted by molar-refractivity contribution is 6.07. The van der Waals surface area contributed by atoms with Gasteiger partial charge in [-0.15, -0.1) is 0 Å². The van der Waals surface area contributed by atoms with Gasteiger partial charge in [0.2, 0.25) is 0 Å². The molecule has 5 heteroatoms. The minimum absolute atomic E-state index is 0.308. The first-order chi connectivity index (χ1) is 9.22. The summed E-state index contributed by atoms with van der Waals surface area (Å²) in [5, 5.41) is 2.66. The molecule has 0 atom stereocenters. The van der Waals surface area contributed by atoms with Gasteiger partial charge in [-0.05, 0) is 24.3 Å². The summed E-state index contributed by atoms with van der Waals surface area (Å²) in [5.41, 5.74) is 1.13. The summed E-state index contributed by atoms with van der Waals surface area (Å²) in [6.45, 7) is 0. The number of ether oxygens (including phenoxy) is 1. The topological polar surface area (TPSA) is 68.3 Å². The van der Waals surface area contributed by atoms with Crippen LogP contribution < -0.4 is 5.32 Å². The third-order valence-corrected chi connectivity index (χ3v) is 2.50. The Bertz CT molecular complexity index is 597. The standard InChI is InChI=1S/C14H12N2O3/c1-19-14(18)11-6-2-3-7-12(11)16-13(17)10-5-4-8-15-9-10/h2-9H,1H3,(H,16,17). The lowest BCUT2D eigenvalue weighted by Crippen LogP contribution is -2.15. The maximum absolute atomic E-state index is 12.0. The summed E-state index contributed by atoms with van der Waals surface area (Å²) in [7, 11) is 1.29. The lowest BCUT2D eigenvalue weighted by molar-refractivity contribution is 0.0602. The first kappa shape index (κ1) is 12.8. The number of hydrogen-bond donors (Lipinski definition) is 1. The molecule has 1 N–H and O–H groups in total. The molecule has 0 aliphatic carbocycles. The van der Waals surface area contributed by atoms with Gasteiger partial charge >= 0.3 is 5.97 Å². The molecule has 5 nitrogen and oxygen atoms in total. The van der Waals surface area contributed by atoms with Crippen molar-refractivity contribution in [3.05, 3.63) is 59.9 Å². The molecule has 0 saturated carbocycles. The number of anilines is 1. The van der Waals surface area contributed by atoms with Gasteiger partial charge in [-0.25, -0.2) is 4.79 Å². The lowest BCUT2D eigenvalue weighted by atomic mass is 10.1. The van der Waals surface area contributed by atoms with E-state index in [1.165, 1.54) is 13.3 Å². The molecular weight excluding hydrogens is 244 g/mol. The number of pyridine rings is 1. The minimum atomic E-state index is -0.498. The maximum atomic E-state index is 12.0. The van der Waals surface area contributed by atoms with E-state index in [9.17, 15) is 9.59 Å². The van der Waals surface area contributed by atoms with Crippen LogP contribution in [-0.4, -0.2) is 24.0 Å². The van der Waals surface area contributed by atoms with E-state index in [1.54, 1.807) is 42.6 Å². The number of amides is 1. The Morgan fingerprint density at radius 3 is 2.63 bits per heavy atom. The van der Waals surface area contributed by atoms with Crippen molar-refractivity contribution in [2.75, 3.05) is 12.4 Å². The van der Waals surface area contributed by atoms with Gasteiger partial charge in [-0.3, -0.25) is 9.78 Å². The lowest BCUT2D eigenvalue weighted by Gasteiger charge is -2.09. The number of methoxy groups -OCH3 is 1. The average molecular weight is 256 g/mol. The third kappa shape index (κ3) is 2.95. The summed E-state index contributed by atoms with van der Waals surface area (Å²) in [6.07, 6.45) is 3.04. The second kappa shape index (κ2) is 5.77. The second-order valence-corrected chi connectivity index (χ2v) is 3.73. The Morgan fingerprint density at radius 1 is 1.16 bits per heavy atom. The fourth-order valence-electron chi connectivity index (χ4n) is 1.57. The highest BCUT2D eigenvalue weighted by atomic mass is 16.5. The number of rotatable bonds is 3. The van der Waals surface area contributed by atoms with Crippen LogP contribution in [0.25, 0.3) is 0 Å². The van der Waals surface area contributed by atoms with Gasteiger partial charge in [0.25, 0.3) is 5.91 Å². The molecule has 2 rings (SSSR count). The van der Waals surface area contributed by atoms with Crippen molar-refractivity contribution in [1.82, 2.24) is 4.98 Å². The fourth-order valence-corrected chi connectivity index (χ4v) is 1.57. The molecule has 19 heavy (non-hydrogen) atoms. The number of hydrogen-bond acceptors (Lipinski definition) is 4. The number of nitrogens with zero attached hydrogens (tertiary/aromatic N) is 1. The molecule has 0 fully saturated rings. The van der Waals surface area contributed by atoms with Gasteiger partial charge in [0.15, 0.2) is 0 Å². The molecule has 0 bridgehead atoms. The molecule has 1 aromatic heterocycles. The van der Waals surface area contributed by atoms with E-state index in [2.05, 4.69) is 15.0 Å². The predicted molar refractivity (Wildman–Crippen MR) is 70.0 cm³/mol. The quantitative estimate of drug-likeness (QED) is 0.854. The van der Waals surface area contributed by atoms with Gasteiger partial charge in [0, 0.05) is 12.4 Å². The van der Waals surface area contributed by atoms with Gasteiger partial charge in [0.05, 0.1) is 23.9 Å². The first-order valence-electron chi connectivity index (χ1n) is 5.61. The highest BCUT2D eigenvalue weighted by Gasteiger charge is 2.13. The van der Waals surface area contributed by atoms with Crippen LogP contribution in [0.2, 0.25) is 0 Å². The van der Waals surface area contributed by atoms with Crippen LogP contribution in [0.5, 0.6) is 0 Å². The van der Waals surface area contributed by atoms with Crippen molar-refractivity contribution in [2.24, 2.45) is 0 Å². The molecule has 2 aromatic rings. The number of aromatic nitrogens is 1. The van der Waals surface area contributed by atoms with E-state index >= 15 is 0 Å². The van der Waals surface area contributed by atoms with Crippen molar-refractivity contribution in [2.45, 2.75) is 0 Å². The summed E-state index contributed by atoms with van der Waals surface area (Å²) < 4.78 is 4.66. The molecule has 96 valence electrons. The summed E-state index contributed by atoms with van der Waals surface area (Å²) in [6, 6.07) is 9.96. The van der Waals surface area contributed by atoms with E-state index in [4.69, 9.17) is 0 Å². The average Bonchev–Trinajstić information content (AvgIpc) is 2.48. The Labute approximate surface area is 110 Å². The molecule has 0 spiro atoms. The van der Waals surface area contributed by atoms with Crippen LogP contribution in [0.4, 0.5) is 5.69 Å². The zero-order valence-corrected chi connectivity index (χ0v) is 10.3. The minimum Gasteiger partial charge on any atom is -0.465 e. The SMILES string of the molecule is COC(=O)c1ccccc1NC(=O)c1cccnc1. The summed E-state index contributed by atoms with van der Waals surface area (Å²) in [5.74, 6) is -0.827. The number of carbonyl (C=O) groups is 2. The molecule has 1 aromatic carbocycles. The molecule has 1 amide bonds. The zero-order chi connectivity index (χ0) is 13.7. The van der Waals surface area contributed by atoms with E-state index < -0.39 is 5.97 Å². The fraction of sp³-hybridized carbons (Fsp3) is 0.0714. The van der Waals surface area contributed by atoms with Gasteiger partial charge in [-0.2, -0.15) is 0 Å². The van der Waals surface area contributed by atoms with Crippen LogP contribution in [0.1, 0.15) is 20.7 Å². The Kier molecular flexibility index (Phi) is 3.87. The Balaban J connectivity index is 2.25. The molecule has 0 saturated heterocycles. The van der Waals surface area contributed by atoms with Crippen LogP contribution in [0.3, 0.4) is 0 Å². The van der Waals surface area contributed by atoms with Crippen molar-refractivity contribution >= 4 is 17.6 Å². The number of carbonyl (C=O) groups excluding carboxylic acids is 2. The van der Waals surface area contributed by atoms with E-state index in [0.717, 1.165) is 0 Å². The smallest absolute Gasteiger partial charge is 0.339 e. The normalized spacial score (nSPS) is 9.74. The number of nitrogens with one attached hydrogen (secondary N) is 1. The zero-order valence-electron chi connectivity index (χ0n) is 10.3. The molecule has 0 unspecified atom stereocenters. The molecule has 0 aliphatic heterocycles. The molecule has 0 aliphatic rings. The molecule has 1 heterocycles. The first-order valence-corrected chi connectivity index (χ1v) is 5.61. The van der Waals surface area contributed by atoms with Gasteiger partial charge in [-0.1, -0.05) is 12.1 Å². The van der Waals surface area contributed by atoms with Gasteiger partial charge in [0.1, 0.15) is 0 Å². The monoisotopic (exact) mass is 256 g/mol. The molecular formula is C14H12N2O3. The van der Waals surface area contributed by atoms with Crippen molar-refractivity contribution in [3.8, 4) is 0 Å². The van der Waals surface area contributed by atoms with E-state index in [1.807, 2.05) is 0 Å². The Morgan fingerprint density at radius 2 is 1.95 bits per heavy atom.